The van der Waals surface area contributed by atoms with Gasteiger partial charge in [0.25, 0.3) is 0 Å². The Labute approximate surface area is 62.8 Å². The quantitative estimate of drug-likeness (QED) is 0.552. The van der Waals surface area contributed by atoms with E-state index in [1.54, 1.807) is 0 Å². The third-order valence-corrected chi connectivity index (χ3v) is 2.48. The Morgan fingerprint density at radius 1 is 1.60 bits per heavy atom. The number of aliphatic hydroxyl groups is 1. The molecule has 1 aliphatic carbocycles. The average molecular weight is 140 g/mol. The molecule has 10 heavy (non-hydrogen) atoms. The molecule has 58 valence electrons. The fourth-order valence-electron chi connectivity index (χ4n) is 1.73. The smallest absolute Gasteiger partial charge is 0.0751 e. The van der Waals surface area contributed by atoms with Crippen molar-refractivity contribution < 1.29 is 5.11 Å². The molecule has 0 radical (unpaired) electrons. The largest absolute Gasteiger partial charge is 0.389 e. The summed E-state index contributed by atoms with van der Waals surface area (Å²) in [7, 11) is 0. The van der Waals surface area contributed by atoms with Gasteiger partial charge in [0.15, 0.2) is 0 Å². The maximum Gasteiger partial charge on any atom is 0.0751 e. The molecule has 0 spiro atoms. The van der Waals surface area contributed by atoms with Crippen LogP contribution in [-0.2, 0) is 0 Å². The van der Waals surface area contributed by atoms with E-state index in [0.717, 1.165) is 12.8 Å². The fourth-order valence-corrected chi connectivity index (χ4v) is 1.73. The lowest BCUT2D eigenvalue weighted by Crippen LogP contribution is -2.26. The SMILES string of the molecule is CCC1C(O)C=CCC1C. The van der Waals surface area contributed by atoms with Crippen LogP contribution >= 0.6 is 0 Å². The highest BCUT2D eigenvalue weighted by atomic mass is 16.3. The van der Waals surface area contributed by atoms with Crippen LogP contribution in [0.2, 0.25) is 0 Å². The second kappa shape index (κ2) is 3.20. The lowest BCUT2D eigenvalue weighted by molar-refractivity contribution is 0.106. The Hall–Kier alpha value is -0.300. The van der Waals surface area contributed by atoms with Gasteiger partial charge in [0.1, 0.15) is 0 Å². The van der Waals surface area contributed by atoms with Gasteiger partial charge in [0, 0.05) is 0 Å². The zero-order valence-electron chi connectivity index (χ0n) is 6.75. The van der Waals surface area contributed by atoms with Crippen LogP contribution < -0.4 is 0 Å². The summed E-state index contributed by atoms with van der Waals surface area (Å²) in [6.07, 6.45) is 6.05. The summed E-state index contributed by atoms with van der Waals surface area (Å²) in [5, 5.41) is 9.45. The molecule has 1 N–H and O–H groups in total. The molecule has 0 aromatic heterocycles. The molecule has 0 bridgehead atoms. The summed E-state index contributed by atoms with van der Waals surface area (Å²) in [5.41, 5.74) is 0. The van der Waals surface area contributed by atoms with Crippen LogP contribution in [-0.4, -0.2) is 11.2 Å². The number of hydrogen-bond donors (Lipinski definition) is 1. The zero-order chi connectivity index (χ0) is 7.56. The molecule has 0 aliphatic heterocycles. The van der Waals surface area contributed by atoms with Gasteiger partial charge in [0.2, 0.25) is 0 Å². The monoisotopic (exact) mass is 140 g/mol. The van der Waals surface area contributed by atoms with Gasteiger partial charge in [-0.3, -0.25) is 0 Å². The van der Waals surface area contributed by atoms with Crippen LogP contribution in [0.3, 0.4) is 0 Å². The van der Waals surface area contributed by atoms with E-state index in [-0.39, 0.29) is 6.10 Å². The predicted molar refractivity (Wildman–Crippen MR) is 42.7 cm³/mol. The van der Waals surface area contributed by atoms with Crippen molar-refractivity contribution in [2.75, 3.05) is 0 Å². The Kier molecular flexibility index (Phi) is 2.50. The molecular formula is C9H16O. The highest BCUT2D eigenvalue weighted by Gasteiger charge is 2.23. The minimum absolute atomic E-state index is 0.186. The Morgan fingerprint density at radius 2 is 2.30 bits per heavy atom. The number of rotatable bonds is 1. The number of hydrogen-bond acceptors (Lipinski definition) is 1. The summed E-state index contributed by atoms with van der Waals surface area (Å²) >= 11 is 0. The van der Waals surface area contributed by atoms with Crippen LogP contribution in [0.4, 0.5) is 0 Å². The zero-order valence-corrected chi connectivity index (χ0v) is 6.75. The van der Waals surface area contributed by atoms with Crippen LogP contribution in [0.15, 0.2) is 12.2 Å². The van der Waals surface area contributed by atoms with Crippen molar-refractivity contribution in [3.8, 4) is 0 Å². The molecule has 1 rings (SSSR count). The number of allylic oxidation sites excluding steroid dienone is 1. The van der Waals surface area contributed by atoms with E-state index < -0.39 is 0 Å². The van der Waals surface area contributed by atoms with E-state index in [1.165, 1.54) is 0 Å². The lowest BCUT2D eigenvalue weighted by Gasteiger charge is -2.28. The molecule has 0 heterocycles. The van der Waals surface area contributed by atoms with Gasteiger partial charge in [-0.2, -0.15) is 0 Å². The first kappa shape index (κ1) is 7.80. The summed E-state index contributed by atoms with van der Waals surface area (Å²) < 4.78 is 0. The normalized spacial score (nSPS) is 40.1. The van der Waals surface area contributed by atoms with E-state index in [2.05, 4.69) is 19.9 Å². The first-order valence-corrected chi connectivity index (χ1v) is 4.10. The van der Waals surface area contributed by atoms with Gasteiger partial charge >= 0.3 is 0 Å². The molecule has 0 aromatic carbocycles. The van der Waals surface area contributed by atoms with E-state index in [4.69, 9.17) is 0 Å². The molecule has 0 aromatic rings. The summed E-state index contributed by atoms with van der Waals surface area (Å²) in [4.78, 5) is 0. The Morgan fingerprint density at radius 3 is 2.70 bits per heavy atom. The molecule has 0 fully saturated rings. The lowest BCUT2D eigenvalue weighted by atomic mass is 9.81. The Balaban J connectivity index is 2.58. The molecule has 0 saturated carbocycles. The van der Waals surface area contributed by atoms with Crippen molar-refractivity contribution >= 4 is 0 Å². The van der Waals surface area contributed by atoms with E-state index in [0.29, 0.717) is 11.8 Å². The van der Waals surface area contributed by atoms with Crippen LogP contribution in [0, 0.1) is 11.8 Å². The van der Waals surface area contributed by atoms with E-state index >= 15 is 0 Å². The maximum atomic E-state index is 9.45. The van der Waals surface area contributed by atoms with Gasteiger partial charge < -0.3 is 5.11 Å². The van der Waals surface area contributed by atoms with Crippen molar-refractivity contribution in [1.82, 2.24) is 0 Å². The third-order valence-electron chi connectivity index (χ3n) is 2.48. The minimum atomic E-state index is -0.186. The minimum Gasteiger partial charge on any atom is -0.389 e. The fraction of sp³-hybridized carbons (Fsp3) is 0.778. The molecule has 0 saturated heterocycles. The van der Waals surface area contributed by atoms with Crippen LogP contribution in [0.25, 0.3) is 0 Å². The first-order valence-electron chi connectivity index (χ1n) is 4.10. The summed E-state index contributed by atoms with van der Waals surface area (Å²) in [6.45, 7) is 4.35. The van der Waals surface area contributed by atoms with E-state index in [9.17, 15) is 5.11 Å². The number of aliphatic hydroxyl groups excluding tert-OH is 1. The molecule has 1 nitrogen and oxygen atoms in total. The van der Waals surface area contributed by atoms with E-state index in [1.807, 2.05) is 6.08 Å². The first-order chi connectivity index (χ1) is 4.75. The van der Waals surface area contributed by atoms with Crippen molar-refractivity contribution in [2.24, 2.45) is 11.8 Å². The van der Waals surface area contributed by atoms with Gasteiger partial charge in [-0.05, 0) is 18.3 Å². The molecule has 1 heteroatoms. The second-order valence-corrected chi connectivity index (χ2v) is 3.20. The van der Waals surface area contributed by atoms with Gasteiger partial charge in [0.05, 0.1) is 6.10 Å². The van der Waals surface area contributed by atoms with Crippen molar-refractivity contribution in [2.45, 2.75) is 32.8 Å². The third kappa shape index (κ3) is 1.40. The predicted octanol–water partition coefficient (Wildman–Crippen LogP) is 1.97. The summed E-state index contributed by atoms with van der Waals surface area (Å²) in [6, 6.07) is 0. The van der Waals surface area contributed by atoms with Crippen LogP contribution in [0.1, 0.15) is 26.7 Å². The highest BCUT2D eigenvalue weighted by molar-refractivity contribution is 4.99. The topological polar surface area (TPSA) is 20.2 Å². The Bertz CT molecular complexity index is 129. The molecular weight excluding hydrogens is 124 g/mol. The molecule has 0 amide bonds. The molecule has 1 aliphatic rings. The summed E-state index contributed by atoms with van der Waals surface area (Å²) in [5.74, 6) is 1.15. The highest BCUT2D eigenvalue weighted by Crippen LogP contribution is 2.27. The van der Waals surface area contributed by atoms with Crippen LogP contribution in [0.5, 0.6) is 0 Å². The van der Waals surface area contributed by atoms with Crippen molar-refractivity contribution in [1.29, 1.82) is 0 Å². The molecule has 3 atom stereocenters. The van der Waals surface area contributed by atoms with Crippen molar-refractivity contribution in [3.05, 3.63) is 12.2 Å². The van der Waals surface area contributed by atoms with Gasteiger partial charge in [-0.25, -0.2) is 0 Å². The second-order valence-electron chi connectivity index (χ2n) is 3.20. The molecule has 3 unspecified atom stereocenters. The standard InChI is InChI=1S/C9H16O/c1-3-8-7(2)5-4-6-9(8)10/h4,6-10H,3,5H2,1-2H3. The van der Waals surface area contributed by atoms with Gasteiger partial charge in [-0.15, -0.1) is 0 Å². The maximum absolute atomic E-state index is 9.45. The van der Waals surface area contributed by atoms with Crippen molar-refractivity contribution in [3.63, 3.8) is 0 Å². The average Bonchev–Trinajstić information content (AvgIpc) is 1.88. The van der Waals surface area contributed by atoms with Gasteiger partial charge in [-0.1, -0.05) is 32.4 Å².